The molecule has 86 valence electrons. The van der Waals surface area contributed by atoms with Gasteiger partial charge in [0, 0.05) is 5.33 Å². The van der Waals surface area contributed by atoms with Gasteiger partial charge in [-0.15, -0.1) is 0 Å². The molecule has 0 amide bonds. The lowest BCUT2D eigenvalue weighted by molar-refractivity contribution is 0.350. The van der Waals surface area contributed by atoms with Crippen LogP contribution in [0.1, 0.15) is 40.5 Å². The Morgan fingerprint density at radius 3 is 1.86 bits per heavy atom. The Kier molecular flexibility index (Phi) is 5.67. The maximum absolute atomic E-state index is 11.8. The second-order valence-electron chi connectivity index (χ2n) is 4.20. The fraction of sp³-hybridized carbons (Fsp3) is 1.00. The lowest BCUT2D eigenvalue weighted by Gasteiger charge is -2.29. The van der Waals surface area contributed by atoms with Crippen molar-refractivity contribution in [2.45, 2.75) is 45.8 Å². The molecule has 0 atom stereocenters. The van der Waals surface area contributed by atoms with Crippen molar-refractivity contribution in [2.75, 3.05) is 11.1 Å². The maximum atomic E-state index is 11.8. The third-order valence-corrected chi connectivity index (χ3v) is 6.65. The van der Waals surface area contributed by atoms with Crippen LogP contribution in [-0.2, 0) is 9.84 Å². The molecule has 0 saturated heterocycles. The van der Waals surface area contributed by atoms with Gasteiger partial charge in [-0.05, 0) is 32.1 Å². The molecule has 0 spiro atoms. The largest absolute Gasteiger partial charge is 0.229 e. The van der Waals surface area contributed by atoms with Crippen LogP contribution in [0.4, 0.5) is 0 Å². The van der Waals surface area contributed by atoms with Crippen molar-refractivity contribution < 1.29 is 8.42 Å². The molecule has 0 aromatic heterocycles. The molecule has 0 aromatic carbocycles. The Hall–Kier alpha value is 0.430. The number of sulfone groups is 1. The molecule has 0 radical (unpaired) electrons. The molecule has 0 aliphatic carbocycles. The molecule has 0 saturated carbocycles. The van der Waals surface area contributed by atoms with Gasteiger partial charge >= 0.3 is 0 Å². The van der Waals surface area contributed by atoms with Crippen LogP contribution >= 0.6 is 15.9 Å². The third-order valence-electron chi connectivity index (χ3n) is 3.01. The predicted molar refractivity (Wildman–Crippen MR) is 65.7 cm³/mol. The van der Waals surface area contributed by atoms with E-state index in [2.05, 4.69) is 29.8 Å². The van der Waals surface area contributed by atoms with E-state index in [4.69, 9.17) is 0 Å². The quantitative estimate of drug-likeness (QED) is 0.703. The van der Waals surface area contributed by atoms with E-state index in [1.807, 2.05) is 0 Å². The van der Waals surface area contributed by atoms with Crippen molar-refractivity contribution in [1.82, 2.24) is 0 Å². The highest BCUT2D eigenvalue weighted by atomic mass is 79.9. The molecule has 14 heavy (non-hydrogen) atoms. The van der Waals surface area contributed by atoms with Crippen molar-refractivity contribution in [3.8, 4) is 0 Å². The lowest BCUT2D eigenvalue weighted by Crippen LogP contribution is -2.34. The first-order chi connectivity index (χ1) is 6.33. The Morgan fingerprint density at radius 2 is 1.64 bits per heavy atom. The summed E-state index contributed by atoms with van der Waals surface area (Å²) in [5.74, 6) is 0.302. The molecule has 2 nitrogen and oxygen atoms in total. The summed E-state index contributed by atoms with van der Waals surface area (Å²) < 4.78 is 23.6. The summed E-state index contributed by atoms with van der Waals surface area (Å²) in [6.45, 7) is 7.61. The van der Waals surface area contributed by atoms with Crippen LogP contribution in [0.2, 0.25) is 0 Å². The summed E-state index contributed by atoms with van der Waals surface area (Å²) >= 11 is 3.43. The van der Waals surface area contributed by atoms with E-state index in [9.17, 15) is 8.42 Å². The first-order valence-corrected chi connectivity index (χ1v) is 7.94. The zero-order chi connectivity index (χ0) is 11.4. The standard InChI is InChI=1S/C10H21BrO2S/c1-5-10(6-2,7-11)8-14(12,13)9(3)4/h9H,5-8H2,1-4H3. The molecule has 4 heteroatoms. The average molecular weight is 285 g/mol. The Balaban J connectivity index is 4.78. The summed E-state index contributed by atoms with van der Waals surface area (Å²) in [6, 6.07) is 0. The van der Waals surface area contributed by atoms with Gasteiger partial charge in [-0.3, -0.25) is 0 Å². The third kappa shape index (κ3) is 3.54. The highest BCUT2D eigenvalue weighted by Gasteiger charge is 2.32. The minimum Gasteiger partial charge on any atom is -0.229 e. The van der Waals surface area contributed by atoms with Crippen LogP contribution in [0.25, 0.3) is 0 Å². The number of alkyl halides is 1. The molecule has 0 bridgehead atoms. The fourth-order valence-electron chi connectivity index (χ4n) is 1.28. The van der Waals surface area contributed by atoms with E-state index in [1.165, 1.54) is 0 Å². The van der Waals surface area contributed by atoms with E-state index < -0.39 is 9.84 Å². The monoisotopic (exact) mass is 284 g/mol. The van der Waals surface area contributed by atoms with Crippen LogP contribution in [0, 0.1) is 5.41 Å². The fourth-order valence-corrected chi connectivity index (χ4v) is 4.23. The van der Waals surface area contributed by atoms with Gasteiger partial charge in [0.15, 0.2) is 9.84 Å². The second kappa shape index (κ2) is 5.50. The van der Waals surface area contributed by atoms with Crippen molar-refractivity contribution in [3.63, 3.8) is 0 Å². The smallest absolute Gasteiger partial charge is 0.153 e. The first kappa shape index (κ1) is 14.4. The normalized spacial score (nSPS) is 13.6. The molecule has 0 fully saturated rings. The van der Waals surface area contributed by atoms with Crippen LogP contribution in [0.3, 0.4) is 0 Å². The van der Waals surface area contributed by atoms with Gasteiger partial charge in [0.1, 0.15) is 0 Å². The van der Waals surface area contributed by atoms with E-state index >= 15 is 0 Å². The van der Waals surface area contributed by atoms with Gasteiger partial charge in [-0.1, -0.05) is 29.8 Å². The first-order valence-electron chi connectivity index (χ1n) is 5.11. The summed E-state index contributed by atoms with van der Waals surface area (Å²) in [7, 11) is -2.92. The van der Waals surface area contributed by atoms with E-state index in [0.717, 1.165) is 18.2 Å². The Labute approximate surface area is 96.5 Å². The minimum absolute atomic E-state index is 0.0803. The maximum Gasteiger partial charge on any atom is 0.153 e. The van der Waals surface area contributed by atoms with Gasteiger partial charge in [-0.25, -0.2) is 8.42 Å². The molecule has 0 heterocycles. The number of hydrogen-bond donors (Lipinski definition) is 0. The van der Waals surface area contributed by atoms with Gasteiger partial charge in [0.05, 0.1) is 11.0 Å². The molecule has 0 unspecified atom stereocenters. The molecule has 0 aliphatic heterocycles. The van der Waals surface area contributed by atoms with Gasteiger partial charge in [0.2, 0.25) is 0 Å². The van der Waals surface area contributed by atoms with Gasteiger partial charge in [-0.2, -0.15) is 0 Å². The van der Waals surface area contributed by atoms with Crippen LogP contribution in [0.15, 0.2) is 0 Å². The molecular weight excluding hydrogens is 264 g/mol. The topological polar surface area (TPSA) is 34.1 Å². The second-order valence-corrected chi connectivity index (χ2v) is 7.31. The molecule has 0 aromatic rings. The number of halogens is 1. The highest BCUT2D eigenvalue weighted by molar-refractivity contribution is 9.09. The summed E-state index contributed by atoms with van der Waals surface area (Å²) in [5, 5.41) is 0.498. The Morgan fingerprint density at radius 1 is 1.21 bits per heavy atom. The van der Waals surface area contributed by atoms with E-state index in [-0.39, 0.29) is 10.7 Å². The summed E-state index contributed by atoms with van der Waals surface area (Å²) in [6.07, 6.45) is 1.81. The average Bonchev–Trinajstić information content (AvgIpc) is 2.14. The van der Waals surface area contributed by atoms with Gasteiger partial charge in [0.25, 0.3) is 0 Å². The predicted octanol–water partition coefficient (Wildman–Crippen LogP) is 3.01. The van der Waals surface area contributed by atoms with Crippen molar-refractivity contribution in [1.29, 1.82) is 0 Å². The zero-order valence-corrected chi connectivity index (χ0v) is 11.9. The van der Waals surface area contributed by atoms with Gasteiger partial charge < -0.3 is 0 Å². The molecule has 0 N–H and O–H groups in total. The summed E-state index contributed by atoms with van der Waals surface area (Å²) in [5.41, 5.74) is -0.0803. The van der Waals surface area contributed by atoms with E-state index in [0.29, 0.717) is 5.75 Å². The minimum atomic E-state index is -2.92. The number of hydrogen-bond acceptors (Lipinski definition) is 2. The van der Waals surface area contributed by atoms with Crippen LogP contribution in [0.5, 0.6) is 0 Å². The van der Waals surface area contributed by atoms with Crippen molar-refractivity contribution in [3.05, 3.63) is 0 Å². The molecular formula is C10H21BrO2S. The van der Waals surface area contributed by atoms with Crippen LogP contribution < -0.4 is 0 Å². The Bertz CT molecular complexity index is 245. The lowest BCUT2D eigenvalue weighted by atomic mass is 9.87. The molecule has 0 aliphatic rings. The zero-order valence-electron chi connectivity index (χ0n) is 9.51. The summed E-state index contributed by atoms with van der Waals surface area (Å²) in [4.78, 5) is 0. The molecule has 0 rings (SSSR count). The SMILES string of the molecule is CCC(CC)(CBr)CS(=O)(=O)C(C)C. The number of rotatable bonds is 6. The van der Waals surface area contributed by atoms with Crippen molar-refractivity contribution >= 4 is 25.8 Å². The van der Waals surface area contributed by atoms with Crippen molar-refractivity contribution in [2.24, 2.45) is 5.41 Å². The van der Waals surface area contributed by atoms with Crippen LogP contribution in [-0.4, -0.2) is 24.8 Å². The van der Waals surface area contributed by atoms with E-state index in [1.54, 1.807) is 13.8 Å². The highest BCUT2D eigenvalue weighted by Crippen LogP contribution is 2.31.